The average molecular weight is 485 g/mol. The van der Waals surface area contributed by atoms with Crippen LogP contribution >= 0.6 is 29.9 Å². The second-order valence-corrected chi connectivity index (χ2v) is 9.52. The van der Waals surface area contributed by atoms with Crippen LogP contribution in [0, 0.1) is 0 Å². The number of aromatic nitrogens is 2. The number of H-pyrrole nitrogens is 1. The molecule has 29 heavy (non-hydrogen) atoms. The number of nitrogens with one attached hydrogen (secondary N) is 1. The van der Waals surface area contributed by atoms with Crippen molar-refractivity contribution in [3.05, 3.63) is 61.3 Å². The molecule has 0 saturated carbocycles. The summed E-state index contributed by atoms with van der Waals surface area (Å²) in [5, 5.41) is 20.5. The van der Waals surface area contributed by atoms with Crippen LogP contribution in [0.5, 0.6) is 5.75 Å². The Kier molecular flexibility index (Phi) is 6.84. The van der Waals surface area contributed by atoms with Crippen LogP contribution in [-0.2, 0) is 21.1 Å². The summed E-state index contributed by atoms with van der Waals surface area (Å²) in [6.45, 7) is -4.66. The fourth-order valence-electron chi connectivity index (χ4n) is 2.70. The summed E-state index contributed by atoms with van der Waals surface area (Å²) in [4.78, 5) is 35.6. The molecule has 2 aromatic rings. The minimum absolute atomic E-state index is 0.0349. The summed E-state index contributed by atoms with van der Waals surface area (Å²) in [5.74, 6) is -0.0349. The Morgan fingerprint density at radius 3 is 2.69 bits per heavy atom. The number of ether oxygens (including phenoxy) is 1. The number of hydrogen-bond donors (Lipinski definition) is 4. The molecule has 4 N–H and O–H groups in total. The summed E-state index contributed by atoms with van der Waals surface area (Å²) < 4.78 is 17.0. The molecule has 0 amide bonds. The first-order valence-electron chi connectivity index (χ1n) is 8.03. The zero-order valence-electron chi connectivity index (χ0n) is 14.3. The van der Waals surface area contributed by atoms with Crippen LogP contribution in [0.1, 0.15) is 6.23 Å². The van der Waals surface area contributed by atoms with E-state index < -0.39 is 49.1 Å². The largest absolute Gasteiger partial charge is 0.423 e. The lowest BCUT2D eigenvalue weighted by Crippen LogP contribution is -2.38. The van der Waals surface area contributed by atoms with E-state index in [4.69, 9.17) is 48.8 Å². The van der Waals surface area contributed by atoms with Crippen LogP contribution in [0.4, 0.5) is 0 Å². The van der Waals surface area contributed by atoms with E-state index in [0.29, 0.717) is 0 Å². The third-order valence-electron chi connectivity index (χ3n) is 3.98. The van der Waals surface area contributed by atoms with Crippen LogP contribution in [0.15, 0.2) is 40.1 Å². The molecule has 3 rings (SSSR count). The van der Waals surface area contributed by atoms with Crippen molar-refractivity contribution in [2.24, 2.45) is 0 Å². The van der Waals surface area contributed by atoms with E-state index in [9.17, 15) is 24.7 Å². The molecular weight excluding hydrogens is 470 g/mol. The molecule has 0 radical (unpaired) electrons. The number of aliphatic hydroxyl groups excluding tert-OH is 2. The lowest BCUT2D eigenvalue weighted by atomic mass is 10.1. The van der Waals surface area contributed by atoms with Crippen molar-refractivity contribution in [3.63, 3.8) is 0 Å². The standard InChI is InChI=1S/C15H15Cl2N2O8PS/c16-7-1-2-8(17)9(5-7)26-28(24,29)27-13-10(6-20)25-14(12(13)22)19-4-3-11(21)18-15(19)23/h1-5,10,12-14,20,22H,6H2,(H,24,29)(H,18,21,23)/t10-,12-,13-,14-,28?/m1/s1. The lowest BCUT2D eigenvalue weighted by Gasteiger charge is -2.25. The van der Waals surface area contributed by atoms with Crippen molar-refractivity contribution in [3.8, 4) is 5.75 Å². The van der Waals surface area contributed by atoms with E-state index in [-0.39, 0.29) is 15.8 Å². The van der Waals surface area contributed by atoms with E-state index in [1.165, 1.54) is 18.2 Å². The number of aliphatic hydroxyl groups is 2. The minimum atomic E-state index is -4.04. The Balaban J connectivity index is 1.83. The zero-order valence-corrected chi connectivity index (χ0v) is 17.6. The molecule has 1 fully saturated rings. The van der Waals surface area contributed by atoms with Crippen LogP contribution in [0.25, 0.3) is 0 Å². The van der Waals surface area contributed by atoms with E-state index in [0.717, 1.165) is 16.8 Å². The van der Waals surface area contributed by atoms with Gasteiger partial charge in [0.15, 0.2) is 6.23 Å². The Morgan fingerprint density at radius 1 is 1.31 bits per heavy atom. The third-order valence-corrected chi connectivity index (χ3v) is 5.94. The highest BCUT2D eigenvalue weighted by atomic mass is 35.5. The molecule has 1 aromatic heterocycles. The molecule has 0 spiro atoms. The van der Waals surface area contributed by atoms with Gasteiger partial charge in [-0.2, -0.15) is 0 Å². The molecule has 14 heteroatoms. The highest BCUT2D eigenvalue weighted by Crippen LogP contribution is 2.50. The molecule has 1 saturated heterocycles. The van der Waals surface area contributed by atoms with Crippen molar-refractivity contribution in [2.45, 2.75) is 24.5 Å². The molecule has 158 valence electrons. The number of halogens is 2. The van der Waals surface area contributed by atoms with Crippen molar-refractivity contribution in [2.75, 3.05) is 6.61 Å². The third kappa shape index (κ3) is 5.08. The summed E-state index contributed by atoms with van der Waals surface area (Å²) in [6, 6.07) is 5.30. The van der Waals surface area contributed by atoms with Gasteiger partial charge < -0.3 is 24.4 Å². The van der Waals surface area contributed by atoms with Crippen LogP contribution in [0.2, 0.25) is 10.0 Å². The molecule has 1 aliphatic heterocycles. The van der Waals surface area contributed by atoms with Crippen molar-refractivity contribution in [1.82, 2.24) is 9.55 Å². The van der Waals surface area contributed by atoms with Gasteiger partial charge in [0, 0.05) is 35.2 Å². The van der Waals surface area contributed by atoms with Gasteiger partial charge in [0.1, 0.15) is 24.1 Å². The maximum atomic E-state index is 12.0. The minimum Gasteiger partial charge on any atom is -0.423 e. The Bertz CT molecular complexity index is 1060. The van der Waals surface area contributed by atoms with Crippen molar-refractivity contribution < 1.29 is 28.9 Å². The van der Waals surface area contributed by atoms with Crippen LogP contribution in [-0.4, -0.2) is 49.6 Å². The molecule has 1 aliphatic rings. The summed E-state index contributed by atoms with van der Waals surface area (Å²) >= 11 is 16.8. The summed E-state index contributed by atoms with van der Waals surface area (Å²) in [7, 11) is 0. The van der Waals surface area contributed by atoms with Crippen LogP contribution < -0.4 is 15.8 Å². The first kappa shape index (κ1) is 22.4. The van der Waals surface area contributed by atoms with E-state index >= 15 is 0 Å². The zero-order chi connectivity index (χ0) is 21.3. The van der Waals surface area contributed by atoms with Gasteiger partial charge in [0.05, 0.1) is 11.6 Å². The molecule has 2 heterocycles. The maximum Gasteiger partial charge on any atom is 0.378 e. The van der Waals surface area contributed by atoms with Crippen molar-refractivity contribution in [1.29, 1.82) is 0 Å². The predicted molar refractivity (Wildman–Crippen MR) is 107 cm³/mol. The summed E-state index contributed by atoms with van der Waals surface area (Å²) in [6.07, 6.45) is -4.24. The lowest BCUT2D eigenvalue weighted by molar-refractivity contribution is -0.0546. The normalized spacial score (nSPS) is 26.2. The fourth-order valence-corrected chi connectivity index (χ4v) is 4.62. The van der Waals surface area contributed by atoms with Gasteiger partial charge in [-0.1, -0.05) is 23.2 Å². The highest BCUT2D eigenvalue weighted by molar-refractivity contribution is 8.07. The number of aromatic amines is 1. The van der Waals surface area contributed by atoms with Gasteiger partial charge >= 0.3 is 12.4 Å². The van der Waals surface area contributed by atoms with Gasteiger partial charge in [-0.25, -0.2) is 4.79 Å². The SMILES string of the molecule is O=c1ccn([C@@H]2O[C@H](CO)[C@@H](OP(O)(=S)Oc3cc(Cl)ccc3Cl)[C@H]2O)c(=O)[nH]1. The first-order chi connectivity index (χ1) is 13.6. The monoisotopic (exact) mass is 484 g/mol. The van der Waals surface area contributed by atoms with Crippen LogP contribution in [0.3, 0.4) is 0 Å². The molecule has 0 bridgehead atoms. The molecule has 10 nitrogen and oxygen atoms in total. The number of nitrogens with zero attached hydrogens (tertiary/aromatic N) is 1. The fraction of sp³-hybridized carbons (Fsp3) is 0.333. The first-order valence-corrected chi connectivity index (χ1v) is 11.4. The molecule has 1 unspecified atom stereocenters. The average Bonchev–Trinajstić information content (AvgIpc) is 2.93. The Labute approximate surface area is 178 Å². The van der Waals surface area contributed by atoms with Gasteiger partial charge in [-0.15, -0.1) is 0 Å². The van der Waals surface area contributed by atoms with Gasteiger partial charge in [0.25, 0.3) is 5.56 Å². The smallest absolute Gasteiger partial charge is 0.378 e. The number of hydrogen-bond acceptors (Lipinski definition) is 8. The molecule has 0 aliphatic carbocycles. The number of rotatable bonds is 6. The topological polar surface area (TPSA) is 143 Å². The highest BCUT2D eigenvalue weighted by Gasteiger charge is 2.48. The van der Waals surface area contributed by atoms with E-state index in [1.807, 2.05) is 4.98 Å². The Morgan fingerprint density at radius 2 is 2.03 bits per heavy atom. The number of benzene rings is 1. The van der Waals surface area contributed by atoms with Gasteiger partial charge in [-0.3, -0.25) is 18.9 Å². The van der Waals surface area contributed by atoms with Gasteiger partial charge in [0.2, 0.25) is 0 Å². The molecular formula is C15H15Cl2N2O8PS. The quantitative estimate of drug-likeness (QED) is 0.437. The van der Waals surface area contributed by atoms with Gasteiger partial charge in [-0.05, 0) is 12.1 Å². The van der Waals surface area contributed by atoms with E-state index in [1.54, 1.807) is 0 Å². The summed E-state index contributed by atoms with van der Waals surface area (Å²) in [5.41, 5.74) is -1.48. The van der Waals surface area contributed by atoms with E-state index in [2.05, 4.69) is 0 Å². The van der Waals surface area contributed by atoms with Crippen molar-refractivity contribution >= 4 is 41.7 Å². The molecule has 5 atom stereocenters. The second kappa shape index (κ2) is 8.84. The predicted octanol–water partition coefficient (Wildman–Crippen LogP) is 0.775. The second-order valence-electron chi connectivity index (χ2n) is 5.96. The Hall–Kier alpha value is -1.27. The maximum absolute atomic E-state index is 12.0. The molecule has 1 aromatic carbocycles.